The lowest BCUT2D eigenvalue weighted by Gasteiger charge is -2.13. The maximum Gasteiger partial charge on any atom is 0.255 e. The summed E-state index contributed by atoms with van der Waals surface area (Å²) < 4.78 is 1.27. The lowest BCUT2D eigenvalue weighted by atomic mass is 10.0. The van der Waals surface area contributed by atoms with Crippen LogP contribution in [-0.4, -0.2) is 21.4 Å². The molecule has 6 nitrogen and oxygen atoms in total. The Morgan fingerprint density at radius 1 is 0.781 bits per heavy atom. The normalized spacial score (nSPS) is 10.5. The molecule has 4 rings (SSSR count). The van der Waals surface area contributed by atoms with Crippen LogP contribution in [0, 0.1) is 0 Å². The monoisotopic (exact) mass is 424 g/mol. The maximum atomic E-state index is 12.9. The van der Waals surface area contributed by atoms with Crippen molar-refractivity contribution in [2.75, 3.05) is 0 Å². The number of ketones is 1. The zero-order valence-electron chi connectivity index (χ0n) is 17.1. The van der Waals surface area contributed by atoms with E-state index >= 15 is 0 Å². The fourth-order valence-corrected chi connectivity index (χ4v) is 3.38. The molecule has 0 fully saturated rings. The Morgan fingerprint density at radius 2 is 1.44 bits per heavy atom. The molecule has 1 amide bonds. The highest BCUT2D eigenvalue weighted by atomic mass is 16.3. The lowest BCUT2D eigenvalue weighted by molar-refractivity contribution is 0.0950. The third-order valence-corrected chi connectivity index (χ3v) is 5.03. The molecule has 6 heteroatoms. The van der Waals surface area contributed by atoms with Gasteiger partial charge in [0.2, 0.25) is 0 Å². The minimum absolute atomic E-state index is 0.131. The predicted octanol–water partition coefficient (Wildman–Crippen LogP) is 3.70. The van der Waals surface area contributed by atoms with Crippen molar-refractivity contribution in [1.82, 2.24) is 9.88 Å². The highest BCUT2D eigenvalue weighted by molar-refractivity contribution is 6.10. The van der Waals surface area contributed by atoms with E-state index in [0.29, 0.717) is 17.8 Å². The van der Waals surface area contributed by atoms with E-state index in [1.807, 2.05) is 30.3 Å². The topological polar surface area (TPSA) is 88.4 Å². The van der Waals surface area contributed by atoms with Gasteiger partial charge in [0.05, 0.1) is 16.8 Å². The number of benzene rings is 3. The first kappa shape index (κ1) is 20.8. The van der Waals surface area contributed by atoms with Crippen LogP contribution in [0.5, 0.6) is 5.75 Å². The van der Waals surface area contributed by atoms with Crippen LogP contribution in [0.3, 0.4) is 0 Å². The zero-order chi connectivity index (χ0) is 22.5. The summed E-state index contributed by atoms with van der Waals surface area (Å²) in [5.74, 6) is -0.910. The van der Waals surface area contributed by atoms with Crippen LogP contribution in [0.1, 0.15) is 31.8 Å². The number of hydrogen-bond acceptors (Lipinski definition) is 4. The molecule has 0 saturated carbocycles. The average Bonchev–Trinajstić information content (AvgIpc) is 2.83. The van der Waals surface area contributed by atoms with Crippen molar-refractivity contribution >= 4 is 11.7 Å². The Kier molecular flexibility index (Phi) is 5.94. The molecule has 158 valence electrons. The average molecular weight is 424 g/mol. The van der Waals surface area contributed by atoms with Crippen molar-refractivity contribution in [1.29, 1.82) is 0 Å². The molecule has 0 radical (unpaired) electrons. The summed E-state index contributed by atoms with van der Waals surface area (Å²) in [6.45, 7) is 0.342. The van der Waals surface area contributed by atoms with E-state index in [-0.39, 0.29) is 28.3 Å². The lowest BCUT2D eigenvalue weighted by Crippen LogP contribution is -2.26. The van der Waals surface area contributed by atoms with E-state index in [1.165, 1.54) is 35.0 Å². The van der Waals surface area contributed by atoms with Crippen molar-refractivity contribution in [3.05, 3.63) is 130 Å². The molecule has 1 heterocycles. The van der Waals surface area contributed by atoms with Crippen molar-refractivity contribution in [2.24, 2.45) is 0 Å². The number of amides is 1. The number of carbonyl (C=O) groups is 2. The smallest absolute Gasteiger partial charge is 0.255 e. The van der Waals surface area contributed by atoms with Crippen LogP contribution in [0.2, 0.25) is 0 Å². The molecular weight excluding hydrogens is 404 g/mol. The molecule has 0 aliphatic heterocycles. The van der Waals surface area contributed by atoms with Crippen LogP contribution in [0.15, 0.2) is 102 Å². The zero-order valence-corrected chi connectivity index (χ0v) is 17.1. The highest BCUT2D eigenvalue weighted by Crippen LogP contribution is 2.20. The Hall–Kier alpha value is -4.45. The summed E-state index contributed by atoms with van der Waals surface area (Å²) in [5.41, 5.74) is 1.57. The van der Waals surface area contributed by atoms with E-state index in [0.717, 1.165) is 5.56 Å². The Morgan fingerprint density at radius 3 is 2.19 bits per heavy atom. The van der Waals surface area contributed by atoms with Gasteiger partial charge in [0.15, 0.2) is 5.78 Å². The maximum absolute atomic E-state index is 12.9. The second-order valence-electron chi connectivity index (χ2n) is 7.16. The first-order valence-electron chi connectivity index (χ1n) is 10.0. The fourth-order valence-electron chi connectivity index (χ4n) is 3.38. The number of phenolic OH excluding ortho intramolecular Hbond substituents is 1. The molecule has 1 aromatic heterocycles. The molecule has 0 aliphatic rings. The minimum atomic E-state index is -0.428. The Bertz CT molecular complexity index is 1340. The van der Waals surface area contributed by atoms with Gasteiger partial charge in [0.25, 0.3) is 11.5 Å². The van der Waals surface area contributed by atoms with Crippen molar-refractivity contribution in [3.63, 3.8) is 0 Å². The number of hydrogen-bond donors (Lipinski definition) is 2. The molecule has 3 aromatic carbocycles. The van der Waals surface area contributed by atoms with Crippen molar-refractivity contribution in [3.8, 4) is 11.4 Å². The number of carbonyl (C=O) groups excluding carboxylic acids is 2. The van der Waals surface area contributed by atoms with Gasteiger partial charge < -0.3 is 10.4 Å². The van der Waals surface area contributed by atoms with Gasteiger partial charge in [-0.05, 0) is 35.9 Å². The van der Waals surface area contributed by atoms with Gasteiger partial charge in [0, 0.05) is 24.4 Å². The van der Waals surface area contributed by atoms with Gasteiger partial charge in [0.1, 0.15) is 5.75 Å². The van der Waals surface area contributed by atoms with Crippen molar-refractivity contribution in [2.45, 2.75) is 6.54 Å². The number of nitrogens with one attached hydrogen (secondary N) is 1. The van der Waals surface area contributed by atoms with Crippen LogP contribution < -0.4 is 10.9 Å². The van der Waals surface area contributed by atoms with Crippen LogP contribution in [0.4, 0.5) is 0 Å². The first-order valence-corrected chi connectivity index (χ1v) is 10.0. The van der Waals surface area contributed by atoms with Gasteiger partial charge in [-0.25, -0.2) is 0 Å². The number of aromatic hydroxyl groups is 1. The largest absolute Gasteiger partial charge is 0.507 e. The fraction of sp³-hybridized carbons (Fsp3) is 0.0385. The summed E-state index contributed by atoms with van der Waals surface area (Å²) in [7, 11) is 0. The number of para-hydroxylation sites is 2. The minimum Gasteiger partial charge on any atom is -0.507 e. The molecule has 0 atom stereocenters. The van der Waals surface area contributed by atoms with Gasteiger partial charge >= 0.3 is 0 Å². The summed E-state index contributed by atoms with van der Waals surface area (Å²) in [5, 5.41) is 12.9. The van der Waals surface area contributed by atoms with E-state index < -0.39 is 5.78 Å². The summed E-state index contributed by atoms with van der Waals surface area (Å²) >= 11 is 0. The van der Waals surface area contributed by atoms with Crippen LogP contribution >= 0.6 is 0 Å². The molecule has 0 aliphatic carbocycles. The molecule has 4 aromatic rings. The predicted molar refractivity (Wildman–Crippen MR) is 121 cm³/mol. The number of nitrogens with zero attached hydrogens (tertiary/aromatic N) is 1. The second-order valence-corrected chi connectivity index (χ2v) is 7.16. The second kappa shape index (κ2) is 9.14. The standard InChI is InChI=1S/C26H20N2O4/c29-23-13-7-5-11-21(23)25(31)19-14-15-24(30)28(17-19)22-12-6-4-10-20(22)26(32)27-16-18-8-2-1-3-9-18/h1-15,17,29H,16H2,(H,27,32). The highest BCUT2D eigenvalue weighted by Gasteiger charge is 2.17. The number of rotatable bonds is 6. The molecule has 0 bridgehead atoms. The van der Waals surface area contributed by atoms with E-state index in [2.05, 4.69) is 5.32 Å². The van der Waals surface area contributed by atoms with E-state index in [9.17, 15) is 19.5 Å². The first-order chi connectivity index (χ1) is 15.5. The molecule has 0 unspecified atom stereocenters. The molecular formula is C26H20N2O4. The summed E-state index contributed by atoms with van der Waals surface area (Å²) in [6.07, 6.45) is 1.39. The number of phenols is 1. The number of pyridine rings is 1. The van der Waals surface area contributed by atoms with Crippen LogP contribution in [0.25, 0.3) is 5.69 Å². The van der Waals surface area contributed by atoms with Gasteiger partial charge in [-0.2, -0.15) is 0 Å². The quantitative estimate of drug-likeness (QED) is 0.462. The third-order valence-electron chi connectivity index (χ3n) is 5.03. The van der Waals surface area contributed by atoms with E-state index in [4.69, 9.17) is 0 Å². The molecule has 2 N–H and O–H groups in total. The SMILES string of the molecule is O=C(c1ccc(=O)n(-c2ccccc2C(=O)NCc2ccccc2)c1)c1ccccc1O. The van der Waals surface area contributed by atoms with Crippen molar-refractivity contribution < 1.29 is 14.7 Å². The molecule has 0 spiro atoms. The molecule has 32 heavy (non-hydrogen) atoms. The molecule has 0 saturated heterocycles. The Balaban J connectivity index is 1.68. The van der Waals surface area contributed by atoms with Gasteiger partial charge in [-0.15, -0.1) is 0 Å². The van der Waals surface area contributed by atoms with Crippen LogP contribution in [-0.2, 0) is 6.54 Å². The number of aromatic nitrogens is 1. The van der Waals surface area contributed by atoms with Gasteiger partial charge in [-0.3, -0.25) is 19.0 Å². The van der Waals surface area contributed by atoms with Gasteiger partial charge in [-0.1, -0.05) is 54.6 Å². The Labute approximate surface area is 184 Å². The third kappa shape index (κ3) is 4.34. The summed E-state index contributed by atoms with van der Waals surface area (Å²) in [4.78, 5) is 38.4. The summed E-state index contributed by atoms with van der Waals surface area (Å²) in [6, 6.07) is 25.1. The van der Waals surface area contributed by atoms with E-state index in [1.54, 1.807) is 36.4 Å².